The van der Waals surface area contributed by atoms with E-state index in [9.17, 15) is 0 Å². The molecular weight excluding hydrogens is 641 g/mol. The van der Waals surface area contributed by atoms with Crippen LogP contribution in [0.4, 0.5) is 0 Å². The summed E-state index contributed by atoms with van der Waals surface area (Å²) in [6.07, 6.45) is 0. The molecule has 0 radical (unpaired) electrons. The second-order valence-electron chi connectivity index (χ2n) is 14.3. The highest BCUT2D eigenvalue weighted by Gasteiger charge is 2.52. The van der Waals surface area contributed by atoms with E-state index in [4.69, 9.17) is 28.7 Å². The molecule has 0 amide bonds. The van der Waals surface area contributed by atoms with E-state index in [2.05, 4.69) is 94.4 Å². The molecule has 1 saturated heterocycles. The van der Waals surface area contributed by atoms with Gasteiger partial charge in [-0.3, -0.25) is 0 Å². The van der Waals surface area contributed by atoms with Crippen molar-refractivity contribution in [3.63, 3.8) is 0 Å². The van der Waals surface area contributed by atoms with Crippen LogP contribution in [0.15, 0.2) is 150 Å². The van der Waals surface area contributed by atoms with Crippen LogP contribution in [0.1, 0.15) is 27.7 Å². The lowest BCUT2D eigenvalue weighted by atomic mass is 9.76. The monoisotopic (exact) mass is 677 g/mol. The molecule has 0 spiro atoms. The van der Waals surface area contributed by atoms with Gasteiger partial charge in [0.25, 0.3) is 0 Å². The number of hydrogen-bond acceptors (Lipinski definition) is 6. The van der Waals surface area contributed by atoms with Crippen LogP contribution in [0.5, 0.6) is 0 Å². The summed E-state index contributed by atoms with van der Waals surface area (Å²) in [5.41, 5.74) is 8.21. The molecule has 2 aromatic heterocycles. The van der Waals surface area contributed by atoms with E-state index in [0.717, 1.165) is 55.2 Å². The van der Waals surface area contributed by atoms with Crippen LogP contribution in [0.25, 0.3) is 78.4 Å². The van der Waals surface area contributed by atoms with Crippen molar-refractivity contribution in [1.29, 1.82) is 0 Å². The molecule has 1 fully saturated rings. The van der Waals surface area contributed by atoms with Gasteiger partial charge in [0.2, 0.25) is 0 Å². The fourth-order valence-electron chi connectivity index (χ4n) is 6.85. The number of nitrogens with zero attached hydrogens (tertiary/aromatic N) is 3. The number of benzene rings is 6. The number of para-hydroxylation sites is 1. The van der Waals surface area contributed by atoms with Crippen LogP contribution in [-0.2, 0) is 9.31 Å². The first-order valence-corrected chi connectivity index (χ1v) is 17.6. The Balaban J connectivity index is 1.27. The quantitative estimate of drug-likeness (QED) is 0.163. The molecule has 9 rings (SSSR count). The second kappa shape index (κ2) is 12.4. The molecule has 3 heterocycles. The van der Waals surface area contributed by atoms with E-state index in [0.29, 0.717) is 28.6 Å². The molecule has 0 bridgehead atoms. The zero-order valence-corrected chi connectivity index (χ0v) is 29.5. The Morgan fingerprint density at radius 3 is 1.52 bits per heavy atom. The van der Waals surface area contributed by atoms with E-state index in [1.807, 2.05) is 78.9 Å². The number of fused-ring (bicyclic) bond motifs is 3. The van der Waals surface area contributed by atoms with Crippen LogP contribution in [-0.4, -0.2) is 33.3 Å². The van der Waals surface area contributed by atoms with Crippen molar-refractivity contribution in [2.75, 3.05) is 0 Å². The molecule has 0 N–H and O–H groups in total. The van der Waals surface area contributed by atoms with Crippen molar-refractivity contribution in [1.82, 2.24) is 15.0 Å². The summed E-state index contributed by atoms with van der Waals surface area (Å²) >= 11 is 0. The van der Waals surface area contributed by atoms with Crippen LogP contribution < -0.4 is 5.46 Å². The maximum atomic E-state index is 6.93. The van der Waals surface area contributed by atoms with E-state index in [1.54, 1.807) is 0 Å². The number of furan rings is 1. The Bertz CT molecular complexity index is 2510. The Morgan fingerprint density at radius 1 is 0.423 bits per heavy atom. The van der Waals surface area contributed by atoms with E-state index >= 15 is 0 Å². The molecule has 1 aliphatic heterocycles. The Labute approximate surface area is 303 Å². The Morgan fingerprint density at radius 2 is 0.923 bits per heavy atom. The Hall–Kier alpha value is -5.89. The predicted octanol–water partition coefficient (Wildman–Crippen LogP) is 10.4. The van der Waals surface area contributed by atoms with Gasteiger partial charge in [-0.25, -0.2) is 15.0 Å². The van der Waals surface area contributed by atoms with Gasteiger partial charge < -0.3 is 13.7 Å². The topological polar surface area (TPSA) is 70.3 Å². The van der Waals surface area contributed by atoms with Gasteiger partial charge in [-0.15, -0.1) is 0 Å². The average molecular weight is 678 g/mol. The number of hydrogen-bond donors (Lipinski definition) is 0. The van der Waals surface area contributed by atoms with Gasteiger partial charge in [0, 0.05) is 27.4 Å². The summed E-state index contributed by atoms with van der Waals surface area (Å²) in [6.45, 7) is 8.29. The molecule has 1 aliphatic rings. The van der Waals surface area contributed by atoms with Crippen molar-refractivity contribution in [2.24, 2.45) is 0 Å². The zero-order chi connectivity index (χ0) is 35.5. The normalized spacial score (nSPS) is 15.0. The molecular formula is C45H36BN3O3. The Kier molecular flexibility index (Phi) is 7.65. The fraction of sp³-hybridized carbons (Fsp3) is 0.133. The maximum absolute atomic E-state index is 6.93. The minimum atomic E-state index is -0.639. The average Bonchev–Trinajstić information content (AvgIpc) is 3.67. The summed E-state index contributed by atoms with van der Waals surface area (Å²) in [6, 6.07) is 49.6. The molecule has 6 aromatic carbocycles. The van der Waals surface area contributed by atoms with Crippen molar-refractivity contribution >= 4 is 34.5 Å². The molecule has 0 saturated carbocycles. The van der Waals surface area contributed by atoms with Gasteiger partial charge in [0.15, 0.2) is 17.5 Å². The van der Waals surface area contributed by atoms with Crippen molar-refractivity contribution in [2.45, 2.75) is 38.9 Å². The summed E-state index contributed by atoms with van der Waals surface area (Å²) in [4.78, 5) is 15.0. The molecule has 8 aromatic rings. The number of rotatable bonds is 6. The smallest absolute Gasteiger partial charge is 0.456 e. The SMILES string of the molecule is CC1(C)OB(c2cc(-c3cccc(-c4ccccc4)c3)cc3c2oc2c(-c4nc(-c5ccccc5)nc(-c5ccccc5)n4)cccc23)OC1(C)C. The second-order valence-corrected chi connectivity index (χ2v) is 14.3. The zero-order valence-electron chi connectivity index (χ0n) is 29.5. The van der Waals surface area contributed by atoms with E-state index < -0.39 is 18.3 Å². The lowest BCUT2D eigenvalue weighted by molar-refractivity contribution is 0.00578. The lowest BCUT2D eigenvalue weighted by Crippen LogP contribution is -2.41. The molecule has 0 atom stereocenters. The summed E-state index contributed by atoms with van der Waals surface area (Å²) in [5.74, 6) is 1.72. The summed E-state index contributed by atoms with van der Waals surface area (Å²) < 4.78 is 20.3. The third kappa shape index (κ3) is 5.59. The molecule has 252 valence electrons. The number of aromatic nitrogens is 3. The highest BCUT2D eigenvalue weighted by Crippen LogP contribution is 2.41. The van der Waals surface area contributed by atoms with Gasteiger partial charge in [-0.1, -0.05) is 127 Å². The van der Waals surface area contributed by atoms with Gasteiger partial charge in [0.05, 0.1) is 16.8 Å². The van der Waals surface area contributed by atoms with Crippen LogP contribution in [0, 0.1) is 0 Å². The van der Waals surface area contributed by atoms with E-state index in [1.165, 1.54) is 0 Å². The molecule has 0 aliphatic carbocycles. The maximum Gasteiger partial charge on any atom is 0.498 e. The third-order valence-electron chi connectivity index (χ3n) is 10.4. The van der Waals surface area contributed by atoms with Gasteiger partial charge in [-0.05, 0) is 68.1 Å². The summed E-state index contributed by atoms with van der Waals surface area (Å²) in [5, 5.41) is 1.92. The van der Waals surface area contributed by atoms with Crippen molar-refractivity contribution < 1.29 is 13.7 Å². The highest BCUT2D eigenvalue weighted by atomic mass is 16.7. The molecule has 7 heteroatoms. The first-order chi connectivity index (χ1) is 25.2. The lowest BCUT2D eigenvalue weighted by Gasteiger charge is -2.32. The van der Waals surface area contributed by atoms with E-state index in [-0.39, 0.29) is 0 Å². The van der Waals surface area contributed by atoms with Gasteiger partial charge in [-0.2, -0.15) is 0 Å². The van der Waals surface area contributed by atoms with Crippen molar-refractivity contribution in [3.05, 3.63) is 146 Å². The third-order valence-corrected chi connectivity index (χ3v) is 10.4. The molecule has 6 nitrogen and oxygen atoms in total. The fourth-order valence-corrected chi connectivity index (χ4v) is 6.85. The van der Waals surface area contributed by atoms with Crippen LogP contribution >= 0.6 is 0 Å². The van der Waals surface area contributed by atoms with Gasteiger partial charge in [0.1, 0.15) is 11.2 Å². The first-order valence-electron chi connectivity index (χ1n) is 17.6. The minimum absolute atomic E-state index is 0.531. The largest absolute Gasteiger partial charge is 0.498 e. The predicted molar refractivity (Wildman–Crippen MR) is 210 cm³/mol. The van der Waals surface area contributed by atoms with Crippen LogP contribution in [0.3, 0.4) is 0 Å². The highest BCUT2D eigenvalue weighted by molar-refractivity contribution is 6.65. The molecule has 0 unspecified atom stereocenters. The molecule has 52 heavy (non-hydrogen) atoms. The minimum Gasteiger partial charge on any atom is -0.456 e. The standard InChI is InChI=1S/C45H36BN3O3/c1-44(2)45(3,4)52-46(51-44)38-28-34(33-23-14-22-32(26-33)29-16-8-5-9-17-29)27-37-35-24-15-25-36(39(35)50-40(37)38)43-48-41(30-18-10-6-11-19-30)47-42(49-43)31-20-12-7-13-21-31/h5-28H,1-4H3. The van der Waals surface area contributed by atoms with Crippen molar-refractivity contribution in [3.8, 4) is 56.4 Å². The van der Waals surface area contributed by atoms with Crippen LogP contribution in [0.2, 0.25) is 0 Å². The first kappa shape index (κ1) is 32.1. The summed E-state index contributed by atoms with van der Waals surface area (Å²) in [7, 11) is -0.639. The van der Waals surface area contributed by atoms with Gasteiger partial charge >= 0.3 is 7.12 Å².